The van der Waals surface area contributed by atoms with Crippen molar-refractivity contribution in [3.8, 4) is 0 Å². The van der Waals surface area contributed by atoms with Gasteiger partial charge in [-0.1, -0.05) is 0 Å². The van der Waals surface area contributed by atoms with Crippen LogP contribution in [0.1, 0.15) is 17.8 Å². The van der Waals surface area contributed by atoms with Gasteiger partial charge in [0.05, 0.1) is 6.61 Å². The predicted molar refractivity (Wildman–Crippen MR) is 87.7 cm³/mol. The van der Waals surface area contributed by atoms with Crippen LogP contribution in [-0.4, -0.2) is 43.5 Å². The first-order chi connectivity index (χ1) is 11.3. The van der Waals surface area contributed by atoms with Gasteiger partial charge in [-0.15, -0.1) is 0 Å². The highest BCUT2D eigenvalue weighted by Crippen LogP contribution is 2.12. The van der Waals surface area contributed by atoms with Gasteiger partial charge in [-0.05, 0) is 19.9 Å². The highest BCUT2D eigenvalue weighted by molar-refractivity contribution is 7.94. The first-order valence-electron chi connectivity index (χ1n) is 7.07. The predicted octanol–water partition coefficient (Wildman–Crippen LogP) is 0.164. The van der Waals surface area contributed by atoms with Gasteiger partial charge in [-0.2, -0.15) is 0 Å². The van der Waals surface area contributed by atoms with Gasteiger partial charge in [-0.25, -0.2) is 27.9 Å². The van der Waals surface area contributed by atoms with E-state index in [0.717, 1.165) is 6.20 Å². The fraction of sp³-hybridized carbons (Fsp3) is 0.385. The number of hydrogen-bond acceptors (Lipinski definition) is 8. The maximum Gasteiger partial charge on any atom is 0.335 e. The maximum atomic E-state index is 12.3. The van der Waals surface area contributed by atoms with Crippen LogP contribution in [0.3, 0.4) is 0 Å². The minimum absolute atomic E-state index is 0.00950. The number of aliphatic imine (C=N–C) groups is 1. The molecule has 2 heterocycles. The SMILES string of the molecule is Cc1cc(C)nc(NC(=O)NS(=O)(=O)C(=CN)C2=NCCCO2)n1. The van der Waals surface area contributed by atoms with Crippen LogP contribution < -0.4 is 15.8 Å². The molecule has 10 nitrogen and oxygen atoms in total. The lowest BCUT2D eigenvalue weighted by molar-refractivity contribution is 0.256. The Bertz CT molecular complexity index is 782. The number of urea groups is 1. The van der Waals surface area contributed by atoms with Crippen LogP contribution in [-0.2, 0) is 14.8 Å². The number of ether oxygens (including phenoxy) is 1. The molecule has 24 heavy (non-hydrogen) atoms. The van der Waals surface area contributed by atoms with E-state index in [4.69, 9.17) is 10.5 Å². The van der Waals surface area contributed by atoms with Crippen molar-refractivity contribution in [2.45, 2.75) is 20.3 Å². The Morgan fingerprint density at radius 2 is 2.00 bits per heavy atom. The van der Waals surface area contributed by atoms with Gasteiger partial charge >= 0.3 is 6.03 Å². The second-order valence-corrected chi connectivity index (χ2v) is 6.60. The number of amides is 2. The van der Waals surface area contributed by atoms with Crippen LogP contribution in [0.15, 0.2) is 22.2 Å². The summed E-state index contributed by atoms with van der Waals surface area (Å²) < 4.78 is 31.5. The summed E-state index contributed by atoms with van der Waals surface area (Å²) in [6.45, 7) is 4.20. The molecule has 0 aliphatic carbocycles. The molecule has 1 aromatic heterocycles. The minimum Gasteiger partial charge on any atom is -0.477 e. The van der Waals surface area contributed by atoms with Crippen molar-refractivity contribution >= 4 is 27.9 Å². The molecule has 11 heteroatoms. The molecule has 1 aromatic rings. The van der Waals surface area contributed by atoms with Crippen LogP contribution in [0.5, 0.6) is 0 Å². The largest absolute Gasteiger partial charge is 0.477 e. The molecular weight excluding hydrogens is 336 g/mol. The summed E-state index contributed by atoms with van der Waals surface area (Å²) in [5, 5.41) is 2.26. The second kappa shape index (κ2) is 7.25. The lowest BCUT2D eigenvalue weighted by Gasteiger charge is -2.16. The van der Waals surface area contributed by atoms with Gasteiger partial charge in [-0.3, -0.25) is 10.3 Å². The van der Waals surface area contributed by atoms with Gasteiger partial charge in [0.15, 0.2) is 4.91 Å². The van der Waals surface area contributed by atoms with E-state index in [0.29, 0.717) is 31.0 Å². The molecule has 4 N–H and O–H groups in total. The highest BCUT2D eigenvalue weighted by atomic mass is 32.2. The Hall–Kier alpha value is -2.69. The Balaban J connectivity index is 2.12. The Morgan fingerprint density at radius 1 is 1.33 bits per heavy atom. The number of aryl methyl sites for hydroxylation is 2. The first kappa shape index (κ1) is 17.7. The third kappa shape index (κ3) is 4.41. The monoisotopic (exact) mass is 354 g/mol. The minimum atomic E-state index is -4.25. The topological polar surface area (TPSA) is 149 Å². The van der Waals surface area contributed by atoms with Crippen molar-refractivity contribution < 1.29 is 17.9 Å². The smallest absolute Gasteiger partial charge is 0.335 e. The number of rotatable bonds is 4. The van der Waals surface area contributed by atoms with E-state index < -0.39 is 21.0 Å². The molecule has 0 atom stereocenters. The molecule has 1 aliphatic rings. The molecule has 2 amide bonds. The summed E-state index contributed by atoms with van der Waals surface area (Å²) in [6, 6.07) is 0.698. The third-order valence-electron chi connectivity index (χ3n) is 2.88. The fourth-order valence-corrected chi connectivity index (χ4v) is 2.91. The molecular formula is C13H18N6O4S. The first-order valence-corrected chi connectivity index (χ1v) is 8.56. The summed E-state index contributed by atoms with van der Waals surface area (Å²) in [6.07, 6.45) is 1.51. The number of aromatic nitrogens is 2. The number of nitrogens with two attached hydrogens (primary N) is 1. The van der Waals surface area contributed by atoms with Gasteiger partial charge in [0.2, 0.25) is 11.8 Å². The van der Waals surface area contributed by atoms with Crippen LogP contribution in [0.2, 0.25) is 0 Å². The molecule has 0 aromatic carbocycles. The molecule has 0 bridgehead atoms. The fourth-order valence-electron chi connectivity index (χ4n) is 1.97. The molecule has 0 saturated heterocycles. The number of nitrogens with zero attached hydrogens (tertiary/aromatic N) is 3. The zero-order valence-electron chi connectivity index (χ0n) is 13.2. The summed E-state index contributed by atoms with van der Waals surface area (Å²) in [5.41, 5.74) is 6.62. The van der Waals surface area contributed by atoms with E-state index in [2.05, 4.69) is 20.3 Å². The van der Waals surface area contributed by atoms with Crippen LogP contribution in [0.25, 0.3) is 0 Å². The lowest BCUT2D eigenvalue weighted by atomic mass is 10.4. The molecule has 0 fully saturated rings. The summed E-state index contributed by atoms with van der Waals surface area (Å²) >= 11 is 0. The Labute approximate surface area is 139 Å². The van der Waals surface area contributed by atoms with Crippen molar-refractivity contribution in [1.82, 2.24) is 14.7 Å². The quantitative estimate of drug-likeness (QED) is 0.697. The standard InChI is InChI=1S/C13H18N6O4S/c1-8-6-9(2)17-12(16-8)18-13(20)19-24(21,22)10(7-14)11-15-4-3-5-23-11/h6-7H,3-5,14H2,1-2H3,(H2,16,17,18,19,20). The average Bonchev–Trinajstić information content (AvgIpc) is 2.46. The number of nitrogens with one attached hydrogen (secondary N) is 2. The zero-order valence-corrected chi connectivity index (χ0v) is 14.1. The Kier molecular flexibility index (Phi) is 5.34. The van der Waals surface area contributed by atoms with Gasteiger partial charge < -0.3 is 10.5 Å². The summed E-state index contributed by atoms with van der Waals surface area (Å²) in [5.74, 6) is -0.128. The Morgan fingerprint density at radius 3 is 2.54 bits per heavy atom. The number of hydrogen-bond donors (Lipinski definition) is 3. The highest BCUT2D eigenvalue weighted by Gasteiger charge is 2.27. The number of carbonyl (C=O) groups is 1. The molecule has 130 valence electrons. The average molecular weight is 354 g/mol. The van der Waals surface area contributed by atoms with Gasteiger partial charge in [0.25, 0.3) is 10.0 Å². The molecule has 0 unspecified atom stereocenters. The van der Waals surface area contributed by atoms with Crippen LogP contribution in [0.4, 0.5) is 10.7 Å². The van der Waals surface area contributed by atoms with Crippen molar-refractivity contribution in [3.63, 3.8) is 0 Å². The third-order valence-corrected chi connectivity index (χ3v) is 4.23. The zero-order chi connectivity index (χ0) is 17.7. The molecule has 0 spiro atoms. The van der Waals surface area contributed by atoms with Crippen molar-refractivity contribution in [2.24, 2.45) is 10.7 Å². The lowest BCUT2D eigenvalue weighted by Crippen LogP contribution is -2.38. The maximum absolute atomic E-state index is 12.3. The molecule has 2 rings (SSSR count). The van der Waals surface area contributed by atoms with Crippen LogP contribution in [0, 0.1) is 13.8 Å². The van der Waals surface area contributed by atoms with E-state index in [-0.39, 0.29) is 11.8 Å². The second-order valence-electron chi connectivity index (χ2n) is 4.95. The van der Waals surface area contributed by atoms with E-state index in [1.165, 1.54) is 0 Å². The van der Waals surface area contributed by atoms with Crippen molar-refractivity contribution in [2.75, 3.05) is 18.5 Å². The molecule has 0 radical (unpaired) electrons. The molecule has 1 aliphatic heterocycles. The number of sulfonamides is 1. The normalized spacial score (nSPS) is 15.2. The van der Waals surface area contributed by atoms with E-state index >= 15 is 0 Å². The summed E-state index contributed by atoms with van der Waals surface area (Å²) in [7, 11) is -4.25. The van der Waals surface area contributed by atoms with Crippen molar-refractivity contribution in [3.05, 3.63) is 28.6 Å². The molecule has 0 saturated carbocycles. The van der Waals surface area contributed by atoms with Crippen LogP contribution >= 0.6 is 0 Å². The van der Waals surface area contributed by atoms with Gasteiger partial charge in [0.1, 0.15) is 0 Å². The number of anilines is 1. The summed E-state index contributed by atoms with van der Waals surface area (Å²) in [4.78, 5) is 23.5. The number of carbonyl (C=O) groups excluding carboxylic acids is 1. The van der Waals surface area contributed by atoms with Crippen molar-refractivity contribution in [1.29, 1.82) is 0 Å². The van der Waals surface area contributed by atoms with Gasteiger partial charge in [0, 0.05) is 30.6 Å². The van der Waals surface area contributed by atoms with E-state index in [1.54, 1.807) is 19.9 Å². The van der Waals surface area contributed by atoms with E-state index in [9.17, 15) is 13.2 Å². The van der Waals surface area contributed by atoms with E-state index in [1.807, 2.05) is 4.72 Å².